The van der Waals surface area contributed by atoms with Crippen LogP contribution in [0.3, 0.4) is 0 Å². The number of aromatic amines is 1. The van der Waals surface area contributed by atoms with Crippen LogP contribution >= 0.6 is 11.8 Å². The van der Waals surface area contributed by atoms with Gasteiger partial charge < -0.3 is 9.55 Å². The van der Waals surface area contributed by atoms with Gasteiger partial charge in [-0.2, -0.15) is 0 Å². The molecule has 3 aromatic rings. The Morgan fingerprint density at radius 1 is 1.12 bits per heavy atom. The Bertz CT molecular complexity index is 876. The fraction of sp³-hybridized carbons (Fsp3) is 0.176. The zero-order chi connectivity index (χ0) is 18.4. The topological polar surface area (TPSA) is 105 Å². The van der Waals surface area contributed by atoms with Gasteiger partial charge in [-0.15, -0.1) is 10.2 Å². The molecule has 26 heavy (non-hydrogen) atoms. The molecule has 2 heterocycles. The van der Waals surface area contributed by atoms with Crippen LogP contribution in [0.15, 0.2) is 53.8 Å². The number of hydrogen-bond donors (Lipinski definition) is 3. The Labute approximate surface area is 154 Å². The molecule has 0 radical (unpaired) electrons. The summed E-state index contributed by atoms with van der Waals surface area (Å²) in [5, 5.41) is 8.86. The number of thioether (sulfide) groups is 1. The molecular formula is C17H18N6O2S. The molecule has 0 saturated carbocycles. The monoisotopic (exact) mass is 370 g/mol. The van der Waals surface area contributed by atoms with E-state index in [1.165, 1.54) is 11.8 Å². The average Bonchev–Trinajstić information content (AvgIpc) is 3.30. The molecule has 1 aromatic carbocycles. The van der Waals surface area contributed by atoms with Gasteiger partial charge in [0.05, 0.1) is 12.3 Å². The molecule has 9 heteroatoms. The molecule has 3 rings (SSSR count). The van der Waals surface area contributed by atoms with Crippen molar-refractivity contribution in [2.75, 3.05) is 5.75 Å². The van der Waals surface area contributed by atoms with Gasteiger partial charge in [0, 0.05) is 6.20 Å². The number of nitrogens with one attached hydrogen (secondary N) is 3. The van der Waals surface area contributed by atoms with Crippen LogP contribution in [0.2, 0.25) is 0 Å². The second-order valence-electron chi connectivity index (χ2n) is 5.48. The van der Waals surface area contributed by atoms with Gasteiger partial charge >= 0.3 is 0 Å². The number of aryl methyl sites for hydroxylation is 1. The summed E-state index contributed by atoms with van der Waals surface area (Å²) >= 11 is 1.26. The molecule has 0 atom stereocenters. The summed E-state index contributed by atoms with van der Waals surface area (Å²) in [6, 6.07) is 13.3. The Morgan fingerprint density at radius 2 is 1.92 bits per heavy atom. The van der Waals surface area contributed by atoms with E-state index in [4.69, 9.17) is 0 Å². The van der Waals surface area contributed by atoms with E-state index in [-0.39, 0.29) is 11.7 Å². The lowest BCUT2D eigenvalue weighted by atomic mass is 10.2. The van der Waals surface area contributed by atoms with Crippen LogP contribution in [0.4, 0.5) is 0 Å². The first-order chi connectivity index (χ1) is 12.6. The van der Waals surface area contributed by atoms with Crippen LogP contribution in [0.5, 0.6) is 0 Å². The first-order valence-electron chi connectivity index (χ1n) is 7.92. The first-order valence-corrected chi connectivity index (χ1v) is 8.91. The van der Waals surface area contributed by atoms with Crippen molar-refractivity contribution in [2.24, 2.45) is 0 Å². The number of nitrogens with zero attached hydrogens (tertiary/aromatic N) is 3. The molecule has 0 fully saturated rings. The lowest BCUT2D eigenvalue weighted by Crippen LogP contribution is -2.42. The molecule has 0 unspecified atom stereocenters. The molecule has 8 nitrogen and oxygen atoms in total. The zero-order valence-electron chi connectivity index (χ0n) is 14.1. The number of carbonyl (C=O) groups excluding carboxylic acids is 2. The number of hydrazine groups is 1. The van der Waals surface area contributed by atoms with Crippen molar-refractivity contribution >= 4 is 23.6 Å². The molecule has 0 aliphatic carbocycles. The van der Waals surface area contributed by atoms with Crippen LogP contribution < -0.4 is 10.9 Å². The molecule has 0 saturated heterocycles. The standard InChI is InChI=1S/C17H18N6O2S/c1-12-19-22-17(23(12)10-13-6-3-2-4-7-13)26-11-15(24)20-21-16(25)14-8-5-9-18-14/h2-9,18H,10-11H2,1H3,(H,20,24)(H,21,25). The molecule has 0 bridgehead atoms. The van der Waals surface area contributed by atoms with E-state index in [1.54, 1.807) is 18.3 Å². The van der Waals surface area contributed by atoms with Gasteiger partial charge in [0.25, 0.3) is 5.91 Å². The number of rotatable bonds is 6. The SMILES string of the molecule is Cc1nnc(SCC(=O)NNC(=O)c2ccc[nH]2)n1Cc1ccccc1. The molecule has 2 amide bonds. The highest BCUT2D eigenvalue weighted by atomic mass is 32.2. The van der Waals surface area contributed by atoms with E-state index in [1.807, 2.05) is 41.8 Å². The number of hydrogen-bond acceptors (Lipinski definition) is 5. The zero-order valence-corrected chi connectivity index (χ0v) is 14.9. The Hall–Kier alpha value is -3.07. The highest BCUT2D eigenvalue weighted by molar-refractivity contribution is 7.99. The van der Waals surface area contributed by atoms with E-state index >= 15 is 0 Å². The maximum Gasteiger partial charge on any atom is 0.286 e. The van der Waals surface area contributed by atoms with Crippen molar-refractivity contribution in [3.8, 4) is 0 Å². The van der Waals surface area contributed by atoms with Gasteiger partial charge in [-0.05, 0) is 24.6 Å². The van der Waals surface area contributed by atoms with Crippen molar-refractivity contribution in [1.82, 2.24) is 30.6 Å². The van der Waals surface area contributed by atoms with Gasteiger partial charge in [-0.3, -0.25) is 20.4 Å². The van der Waals surface area contributed by atoms with Gasteiger partial charge in [-0.25, -0.2) is 0 Å². The molecule has 0 aliphatic rings. The summed E-state index contributed by atoms with van der Waals surface area (Å²) in [5.41, 5.74) is 6.23. The quantitative estimate of drug-likeness (QED) is 0.451. The number of amides is 2. The smallest absolute Gasteiger partial charge is 0.286 e. The molecule has 134 valence electrons. The second kappa shape index (κ2) is 8.34. The highest BCUT2D eigenvalue weighted by Crippen LogP contribution is 2.18. The van der Waals surface area contributed by atoms with Crippen LogP contribution in [-0.2, 0) is 11.3 Å². The van der Waals surface area contributed by atoms with Crippen LogP contribution in [0.25, 0.3) is 0 Å². The third-order valence-electron chi connectivity index (χ3n) is 3.58. The van der Waals surface area contributed by atoms with E-state index in [2.05, 4.69) is 26.0 Å². The fourth-order valence-corrected chi connectivity index (χ4v) is 3.03. The number of H-pyrrole nitrogens is 1. The van der Waals surface area contributed by atoms with Gasteiger partial charge in [0.15, 0.2) is 5.16 Å². The summed E-state index contributed by atoms with van der Waals surface area (Å²) in [4.78, 5) is 26.5. The van der Waals surface area contributed by atoms with Crippen molar-refractivity contribution in [2.45, 2.75) is 18.6 Å². The number of carbonyl (C=O) groups is 2. The minimum absolute atomic E-state index is 0.109. The minimum atomic E-state index is -0.406. The highest BCUT2D eigenvalue weighted by Gasteiger charge is 2.13. The predicted octanol–water partition coefficient (Wildman–Crippen LogP) is 1.52. The van der Waals surface area contributed by atoms with Crippen LogP contribution in [0.1, 0.15) is 21.9 Å². The molecule has 3 N–H and O–H groups in total. The van der Waals surface area contributed by atoms with Crippen molar-refractivity contribution in [3.63, 3.8) is 0 Å². The normalized spacial score (nSPS) is 10.5. The van der Waals surface area contributed by atoms with Crippen molar-refractivity contribution in [1.29, 1.82) is 0 Å². The molecule has 0 spiro atoms. The summed E-state index contributed by atoms with van der Waals surface area (Å²) < 4.78 is 1.95. The predicted molar refractivity (Wildman–Crippen MR) is 97.4 cm³/mol. The summed E-state index contributed by atoms with van der Waals surface area (Å²) in [7, 11) is 0. The maximum absolute atomic E-state index is 12.0. The summed E-state index contributed by atoms with van der Waals surface area (Å²) in [6.45, 7) is 2.50. The number of aromatic nitrogens is 4. The van der Waals surface area contributed by atoms with Gasteiger partial charge in [0.2, 0.25) is 5.91 Å². The second-order valence-corrected chi connectivity index (χ2v) is 6.42. The van der Waals surface area contributed by atoms with Crippen molar-refractivity contribution in [3.05, 3.63) is 65.7 Å². The fourth-order valence-electron chi connectivity index (χ4n) is 2.25. The summed E-state index contributed by atoms with van der Waals surface area (Å²) in [5.74, 6) is 0.146. The number of benzene rings is 1. The van der Waals surface area contributed by atoms with Crippen molar-refractivity contribution < 1.29 is 9.59 Å². The van der Waals surface area contributed by atoms with Crippen LogP contribution in [-0.4, -0.2) is 37.3 Å². The Balaban J connectivity index is 1.53. The largest absolute Gasteiger partial charge is 0.357 e. The Morgan fingerprint density at radius 3 is 2.65 bits per heavy atom. The third kappa shape index (κ3) is 4.51. The van der Waals surface area contributed by atoms with E-state index < -0.39 is 5.91 Å². The first kappa shape index (κ1) is 17.7. The van der Waals surface area contributed by atoms with Gasteiger partial charge in [0.1, 0.15) is 11.5 Å². The van der Waals surface area contributed by atoms with E-state index in [0.29, 0.717) is 17.4 Å². The third-order valence-corrected chi connectivity index (χ3v) is 4.54. The Kier molecular flexibility index (Phi) is 5.69. The average molecular weight is 370 g/mol. The lowest BCUT2D eigenvalue weighted by Gasteiger charge is -2.09. The minimum Gasteiger partial charge on any atom is -0.357 e. The van der Waals surface area contributed by atoms with E-state index in [9.17, 15) is 9.59 Å². The molecule has 2 aromatic heterocycles. The van der Waals surface area contributed by atoms with Crippen LogP contribution in [0, 0.1) is 6.92 Å². The maximum atomic E-state index is 12.0. The molecular weight excluding hydrogens is 352 g/mol. The van der Waals surface area contributed by atoms with Gasteiger partial charge in [-0.1, -0.05) is 42.1 Å². The lowest BCUT2D eigenvalue weighted by molar-refractivity contribution is -0.119. The molecule has 0 aliphatic heterocycles. The summed E-state index contributed by atoms with van der Waals surface area (Å²) in [6.07, 6.45) is 1.63. The van der Waals surface area contributed by atoms with E-state index in [0.717, 1.165) is 11.4 Å².